The largest absolute Gasteiger partial charge is 0.494 e. The highest BCUT2D eigenvalue weighted by atomic mass is 35.5. The van der Waals surface area contributed by atoms with E-state index < -0.39 is 0 Å². The number of ether oxygens (including phenoxy) is 1. The highest BCUT2D eigenvalue weighted by Crippen LogP contribution is 2.26. The lowest BCUT2D eigenvalue weighted by atomic mass is 10.3. The molecule has 0 saturated heterocycles. The van der Waals surface area contributed by atoms with E-state index in [0.29, 0.717) is 16.8 Å². The van der Waals surface area contributed by atoms with E-state index in [1.807, 2.05) is 6.07 Å². The summed E-state index contributed by atoms with van der Waals surface area (Å²) in [6.45, 7) is 0. The van der Waals surface area contributed by atoms with Crippen LogP contribution in [0.2, 0.25) is 10.3 Å². The summed E-state index contributed by atoms with van der Waals surface area (Å²) < 4.78 is 5.12. The predicted octanol–water partition coefficient (Wildman–Crippen LogP) is 2.95. The van der Waals surface area contributed by atoms with Crippen LogP contribution in [0.1, 0.15) is 0 Å². The van der Waals surface area contributed by atoms with Gasteiger partial charge in [0.05, 0.1) is 12.6 Å². The van der Waals surface area contributed by atoms with Crippen LogP contribution in [0.5, 0.6) is 5.75 Å². The van der Waals surface area contributed by atoms with Crippen molar-refractivity contribution in [2.75, 3.05) is 7.11 Å². The number of aromatic nitrogens is 2. The van der Waals surface area contributed by atoms with Gasteiger partial charge in [-0.15, -0.1) is 0 Å². The fourth-order valence-corrected chi connectivity index (χ4v) is 1.43. The van der Waals surface area contributed by atoms with Crippen molar-refractivity contribution in [1.29, 1.82) is 0 Å². The molecule has 0 atom stereocenters. The van der Waals surface area contributed by atoms with E-state index in [-0.39, 0.29) is 10.3 Å². The molecule has 0 radical (unpaired) electrons. The van der Waals surface area contributed by atoms with Crippen LogP contribution in [-0.2, 0) is 0 Å². The zero-order chi connectivity index (χ0) is 10.1. The van der Waals surface area contributed by atoms with Crippen molar-refractivity contribution in [1.82, 2.24) is 9.97 Å². The Kier molecular flexibility index (Phi) is 2.44. The van der Waals surface area contributed by atoms with Crippen LogP contribution >= 0.6 is 23.2 Å². The molecule has 0 N–H and O–H groups in total. The Morgan fingerprint density at radius 2 is 1.86 bits per heavy atom. The second-order valence-corrected chi connectivity index (χ2v) is 3.35. The number of rotatable bonds is 1. The van der Waals surface area contributed by atoms with E-state index in [2.05, 4.69) is 9.97 Å². The minimum Gasteiger partial charge on any atom is -0.494 e. The van der Waals surface area contributed by atoms with Crippen molar-refractivity contribution in [3.05, 3.63) is 28.5 Å². The third kappa shape index (κ3) is 1.49. The van der Waals surface area contributed by atoms with Gasteiger partial charge >= 0.3 is 0 Å². The number of fused-ring (bicyclic) bond motifs is 1. The maximum atomic E-state index is 5.76. The molecule has 72 valence electrons. The molecular formula is C9H6Cl2N2O. The van der Waals surface area contributed by atoms with Gasteiger partial charge in [-0.25, -0.2) is 9.97 Å². The minimum atomic E-state index is 0.184. The molecule has 0 saturated carbocycles. The van der Waals surface area contributed by atoms with Crippen LogP contribution in [-0.4, -0.2) is 17.1 Å². The molecular weight excluding hydrogens is 223 g/mol. The van der Waals surface area contributed by atoms with Gasteiger partial charge in [-0.2, -0.15) is 0 Å². The van der Waals surface area contributed by atoms with E-state index in [0.717, 1.165) is 0 Å². The maximum absolute atomic E-state index is 5.76. The van der Waals surface area contributed by atoms with Crippen molar-refractivity contribution in [2.24, 2.45) is 0 Å². The van der Waals surface area contributed by atoms with Crippen LogP contribution in [0.4, 0.5) is 0 Å². The molecule has 0 unspecified atom stereocenters. The average Bonchev–Trinajstić information content (AvgIpc) is 2.19. The Morgan fingerprint density at radius 3 is 2.57 bits per heavy atom. The van der Waals surface area contributed by atoms with Gasteiger partial charge in [0.2, 0.25) is 0 Å². The topological polar surface area (TPSA) is 35.0 Å². The van der Waals surface area contributed by atoms with E-state index in [1.165, 1.54) is 0 Å². The van der Waals surface area contributed by atoms with Crippen molar-refractivity contribution in [3.8, 4) is 5.75 Å². The Labute approximate surface area is 90.6 Å². The Morgan fingerprint density at radius 1 is 1.14 bits per heavy atom. The van der Waals surface area contributed by atoms with Crippen molar-refractivity contribution in [2.45, 2.75) is 0 Å². The highest BCUT2D eigenvalue weighted by Gasteiger charge is 2.07. The molecule has 0 aliphatic carbocycles. The zero-order valence-electron chi connectivity index (χ0n) is 7.29. The first-order valence-corrected chi connectivity index (χ1v) is 4.63. The molecule has 5 heteroatoms. The monoisotopic (exact) mass is 228 g/mol. The first-order valence-electron chi connectivity index (χ1n) is 3.88. The van der Waals surface area contributed by atoms with E-state index >= 15 is 0 Å². The molecule has 0 aliphatic heterocycles. The summed E-state index contributed by atoms with van der Waals surface area (Å²) in [5.41, 5.74) is 1.28. The van der Waals surface area contributed by atoms with Crippen LogP contribution < -0.4 is 4.74 Å². The number of para-hydroxylation sites is 1. The Hall–Kier alpha value is -1.06. The fourth-order valence-electron chi connectivity index (χ4n) is 1.17. The van der Waals surface area contributed by atoms with Gasteiger partial charge in [0.15, 0.2) is 10.3 Å². The lowest BCUT2D eigenvalue weighted by molar-refractivity contribution is 0.419. The second-order valence-electron chi connectivity index (χ2n) is 2.63. The van der Waals surface area contributed by atoms with Gasteiger partial charge in [-0.1, -0.05) is 29.3 Å². The molecule has 1 heterocycles. The van der Waals surface area contributed by atoms with Crippen molar-refractivity contribution in [3.63, 3.8) is 0 Å². The van der Waals surface area contributed by atoms with Gasteiger partial charge in [0.1, 0.15) is 11.3 Å². The smallest absolute Gasteiger partial charge is 0.167 e. The van der Waals surface area contributed by atoms with E-state index in [1.54, 1.807) is 19.2 Å². The predicted molar refractivity (Wildman–Crippen MR) is 56.1 cm³/mol. The zero-order valence-corrected chi connectivity index (χ0v) is 8.80. The summed E-state index contributed by atoms with van der Waals surface area (Å²) in [6, 6.07) is 5.41. The molecule has 2 rings (SSSR count). The lowest BCUT2D eigenvalue weighted by Crippen LogP contribution is -1.91. The van der Waals surface area contributed by atoms with Crippen molar-refractivity contribution < 1.29 is 4.74 Å². The summed E-state index contributed by atoms with van der Waals surface area (Å²) in [7, 11) is 1.57. The number of nitrogens with zero attached hydrogens (tertiary/aromatic N) is 2. The van der Waals surface area contributed by atoms with Gasteiger partial charge in [-0.3, -0.25) is 0 Å². The molecule has 0 aliphatic rings. The standard InChI is InChI=1S/C9H6Cl2N2O/c1-14-6-4-2-3-5-7(6)13-9(11)8(10)12-5/h2-4H,1H3. The molecule has 0 bridgehead atoms. The number of benzene rings is 1. The SMILES string of the molecule is COc1cccc2nc(Cl)c(Cl)nc12. The summed E-state index contributed by atoms with van der Waals surface area (Å²) >= 11 is 11.5. The van der Waals surface area contributed by atoms with Gasteiger partial charge in [0, 0.05) is 0 Å². The second kappa shape index (κ2) is 3.59. The molecule has 1 aromatic heterocycles. The summed E-state index contributed by atoms with van der Waals surface area (Å²) in [5.74, 6) is 0.633. The molecule has 3 nitrogen and oxygen atoms in total. The summed E-state index contributed by atoms with van der Waals surface area (Å²) in [6.07, 6.45) is 0. The van der Waals surface area contributed by atoms with Gasteiger partial charge in [-0.05, 0) is 12.1 Å². The number of hydrogen-bond donors (Lipinski definition) is 0. The lowest BCUT2D eigenvalue weighted by Gasteiger charge is -2.04. The molecule has 2 aromatic rings. The van der Waals surface area contributed by atoms with Crippen LogP contribution in [0.3, 0.4) is 0 Å². The third-order valence-electron chi connectivity index (χ3n) is 1.80. The Bertz CT molecular complexity index is 487. The van der Waals surface area contributed by atoms with Gasteiger partial charge < -0.3 is 4.74 Å². The van der Waals surface area contributed by atoms with Gasteiger partial charge in [0.25, 0.3) is 0 Å². The molecule has 0 amide bonds. The minimum absolute atomic E-state index is 0.184. The van der Waals surface area contributed by atoms with Crippen LogP contribution in [0.25, 0.3) is 11.0 Å². The molecule has 0 fully saturated rings. The quantitative estimate of drug-likeness (QED) is 0.753. The average molecular weight is 229 g/mol. The number of halogens is 2. The number of methoxy groups -OCH3 is 1. The number of hydrogen-bond acceptors (Lipinski definition) is 3. The molecule has 0 spiro atoms. The maximum Gasteiger partial charge on any atom is 0.167 e. The fraction of sp³-hybridized carbons (Fsp3) is 0.111. The first kappa shape index (κ1) is 9.49. The summed E-state index contributed by atoms with van der Waals surface area (Å²) in [5, 5.41) is 0.385. The third-order valence-corrected chi connectivity index (χ3v) is 2.42. The first-order chi connectivity index (χ1) is 6.72. The summed E-state index contributed by atoms with van der Waals surface area (Å²) in [4.78, 5) is 8.17. The highest BCUT2D eigenvalue weighted by molar-refractivity contribution is 6.40. The van der Waals surface area contributed by atoms with E-state index in [9.17, 15) is 0 Å². The molecule has 1 aromatic carbocycles. The van der Waals surface area contributed by atoms with E-state index in [4.69, 9.17) is 27.9 Å². The normalized spacial score (nSPS) is 10.5. The molecule has 14 heavy (non-hydrogen) atoms. The van der Waals surface area contributed by atoms with Crippen LogP contribution in [0.15, 0.2) is 18.2 Å². The Balaban J connectivity index is 2.81. The van der Waals surface area contributed by atoms with Crippen molar-refractivity contribution >= 4 is 34.2 Å². The van der Waals surface area contributed by atoms with Crippen LogP contribution in [0, 0.1) is 0 Å².